The van der Waals surface area contributed by atoms with Crippen molar-refractivity contribution in [1.82, 2.24) is 20.2 Å². The average Bonchev–Trinajstić information content (AvgIpc) is 3.06. The highest BCUT2D eigenvalue weighted by Crippen LogP contribution is 2.32. The first-order valence-corrected chi connectivity index (χ1v) is 7.42. The second-order valence-corrected chi connectivity index (χ2v) is 5.68. The molecule has 1 unspecified atom stereocenters. The van der Waals surface area contributed by atoms with Crippen molar-refractivity contribution in [3.63, 3.8) is 0 Å². The molecule has 1 aliphatic rings. The Morgan fingerprint density at radius 1 is 1.45 bits per heavy atom. The van der Waals surface area contributed by atoms with Gasteiger partial charge < -0.3 is 10.2 Å². The Morgan fingerprint density at radius 3 is 3.05 bits per heavy atom. The van der Waals surface area contributed by atoms with E-state index in [1.165, 1.54) is 12.8 Å². The van der Waals surface area contributed by atoms with Crippen molar-refractivity contribution in [1.29, 1.82) is 0 Å². The van der Waals surface area contributed by atoms with Crippen molar-refractivity contribution >= 4 is 22.8 Å². The van der Waals surface area contributed by atoms with E-state index < -0.39 is 0 Å². The van der Waals surface area contributed by atoms with E-state index in [0.717, 1.165) is 29.9 Å². The highest BCUT2D eigenvalue weighted by Gasteiger charge is 2.30. The Bertz CT molecular complexity index is 590. The van der Waals surface area contributed by atoms with Gasteiger partial charge in [-0.2, -0.15) is 15.1 Å². The second-order valence-electron chi connectivity index (χ2n) is 5.68. The quantitative estimate of drug-likeness (QED) is 0.896. The minimum Gasteiger partial charge on any atom is -0.354 e. The van der Waals surface area contributed by atoms with Crippen LogP contribution in [0.4, 0.5) is 11.8 Å². The largest absolute Gasteiger partial charge is 0.354 e. The summed E-state index contributed by atoms with van der Waals surface area (Å²) in [5.74, 6) is 2.31. The van der Waals surface area contributed by atoms with Crippen LogP contribution in [0.1, 0.15) is 33.6 Å². The number of aromatic amines is 1. The van der Waals surface area contributed by atoms with Gasteiger partial charge in [0.2, 0.25) is 5.95 Å². The number of nitrogens with one attached hydrogen (secondary N) is 2. The van der Waals surface area contributed by atoms with Gasteiger partial charge in [-0.25, -0.2) is 0 Å². The van der Waals surface area contributed by atoms with E-state index in [-0.39, 0.29) is 0 Å². The summed E-state index contributed by atoms with van der Waals surface area (Å²) in [6, 6.07) is 0.553. The molecule has 20 heavy (non-hydrogen) atoms. The molecule has 1 saturated heterocycles. The molecule has 0 aliphatic carbocycles. The molecule has 1 aliphatic heterocycles. The lowest BCUT2D eigenvalue weighted by Crippen LogP contribution is -2.34. The average molecular weight is 274 g/mol. The maximum atomic E-state index is 4.72. The van der Waals surface area contributed by atoms with Crippen molar-refractivity contribution < 1.29 is 0 Å². The van der Waals surface area contributed by atoms with Crippen LogP contribution in [0.25, 0.3) is 11.0 Å². The van der Waals surface area contributed by atoms with Gasteiger partial charge in [-0.05, 0) is 25.7 Å². The first-order chi connectivity index (χ1) is 9.70. The van der Waals surface area contributed by atoms with E-state index in [4.69, 9.17) is 4.98 Å². The van der Waals surface area contributed by atoms with Gasteiger partial charge in [-0.3, -0.25) is 5.10 Å². The molecule has 0 aromatic carbocycles. The van der Waals surface area contributed by atoms with Crippen LogP contribution in [0.15, 0.2) is 6.20 Å². The van der Waals surface area contributed by atoms with Crippen LogP contribution in [-0.4, -0.2) is 39.3 Å². The molecule has 0 bridgehead atoms. The van der Waals surface area contributed by atoms with E-state index in [1.807, 2.05) is 13.1 Å². The Labute approximate surface area is 119 Å². The molecule has 3 heterocycles. The Kier molecular flexibility index (Phi) is 3.46. The van der Waals surface area contributed by atoms with Gasteiger partial charge in [0.05, 0.1) is 11.6 Å². The van der Waals surface area contributed by atoms with Crippen LogP contribution in [0.3, 0.4) is 0 Å². The van der Waals surface area contributed by atoms with Gasteiger partial charge in [0.15, 0.2) is 5.65 Å². The summed E-state index contributed by atoms with van der Waals surface area (Å²) < 4.78 is 0. The smallest absolute Gasteiger partial charge is 0.226 e. The highest BCUT2D eigenvalue weighted by molar-refractivity contribution is 5.87. The van der Waals surface area contributed by atoms with Crippen LogP contribution >= 0.6 is 0 Å². The summed E-state index contributed by atoms with van der Waals surface area (Å²) in [5, 5.41) is 11.3. The topological polar surface area (TPSA) is 69.7 Å². The zero-order chi connectivity index (χ0) is 14.1. The van der Waals surface area contributed by atoms with Crippen molar-refractivity contribution in [3.05, 3.63) is 6.20 Å². The minimum absolute atomic E-state index is 0.553. The van der Waals surface area contributed by atoms with Crippen molar-refractivity contribution in [3.8, 4) is 0 Å². The zero-order valence-corrected chi connectivity index (χ0v) is 12.3. The lowest BCUT2D eigenvalue weighted by molar-refractivity contribution is 0.490. The summed E-state index contributed by atoms with van der Waals surface area (Å²) in [5.41, 5.74) is 0.806. The third kappa shape index (κ3) is 2.19. The number of hydrogen-bond donors (Lipinski definition) is 2. The highest BCUT2D eigenvalue weighted by atomic mass is 15.3. The normalized spacial score (nSPS) is 19.2. The first-order valence-electron chi connectivity index (χ1n) is 7.42. The maximum Gasteiger partial charge on any atom is 0.226 e. The minimum atomic E-state index is 0.553. The fraction of sp³-hybridized carbons (Fsp3) is 0.643. The molecule has 1 fully saturated rings. The number of rotatable bonds is 4. The Balaban J connectivity index is 2.06. The molecule has 6 heteroatoms. The van der Waals surface area contributed by atoms with Crippen LogP contribution < -0.4 is 10.2 Å². The van der Waals surface area contributed by atoms with Crippen molar-refractivity contribution in [2.75, 3.05) is 23.3 Å². The number of aromatic nitrogens is 4. The van der Waals surface area contributed by atoms with Crippen molar-refractivity contribution in [2.45, 2.75) is 39.7 Å². The molecule has 2 aromatic heterocycles. The molecule has 2 aromatic rings. The van der Waals surface area contributed by atoms with E-state index in [1.54, 1.807) is 0 Å². The van der Waals surface area contributed by atoms with Crippen LogP contribution in [-0.2, 0) is 0 Å². The number of nitrogens with zero attached hydrogens (tertiary/aromatic N) is 4. The standard InChI is InChI=1S/C14H22N6/c1-4-15-14-17-12-10(8-16-19-12)13(18-14)20-7-5-6-11(20)9(2)3/h8-9,11H,4-7H2,1-3H3,(H2,15,16,17,18,19). The van der Waals surface area contributed by atoms with Crippen LogP contribution in [0.5, 0.6) is 0 Å². The van der Waals surface area contributed by atoms with E-state index in [2.05, 4.69) is 39.2 Å². The molecular formula is C14H22N6. The molecule has 3 rings (SSSR count). The summed E-state index contributed by atoms with van der Waals surface area (Å²) in [6.07, 6.45) is 4.29. The number of H-pyrrole nitrogens is 1. The summed E-state index contributed by atoms with van der Waals surface area (Å²) in [7, 11) is 0. The molecule has 6 nitrogen and oxygen atoms in total. The molecule has 0 amide bonds. The van der Waals surface area contributed by atoms with Crippen LogP contribution in [0.2, 0.25) is 0 Å². The lowest BCUT2D eigenvalue weighted by Gasteiger charge is -2.29. The molecule has 0 saturated carbocycles. The maximum absolute atomic E-state index is 4.72. The molecule has 0 radical (unpaired) electrons. The van der Waals surface area contributed by atoms with Gasteiger partial charge in [0, 0.05) is 19.1 Å². The monoisotopic (exact) mass is 274 g/mol. The predicted molar refractivity (Wildman–Crippen MR) is 81.1 cm³/mol. The summed E-state index contributed by atoms with van der Waals surface area (Å²) in [6.45, 7) is 8.48. The first kappa shape index (κ1) is 13.1. The fourth-order valence-corrected chi connectivity index (χ4v) is 3.02. The molecular weight excluding hydrogens is 252 g/mol. The van der Waals surface area contributed by atoms with Crippen LogP contribution in [0, 0.1) is 5.92 Å². The van der Waals surface area contributed by atoms with Crippen molar-refractivity contribution in [2.24, 2.45) is 5.92 Å². The Morgan fingerprint density at radius 2 is 2.30 bits per heavy atom. The fourth-order valence-electron chi connectivity index (χ4n) is 3.02. The molecule has 0 spiro atoms. The predicted octanol–water partition coefficient (Wildman–Crippen LogP) is 2.41. The molecule has 1 atom stereocenters. The lowest BCUT2D eigenvalue weighted by atomic mass is 10.0. The van der Waals surface area contributed by atoms with Gasteiger partial charge >= 0.3 is 0 Å². The van der Waals surface area contributed by atoms with Gasteiger partial charge in [0.1, 0.15) is 5.82 Å². The molecule has 2 N–H and O–H groups in total. The summed E-state index contributed by atoms with van der Waals surface area (Å²) >= 11 is 0. The zero-order valence-electron chi connectivity index (χ0n) is 12.3. The van der Waals surface area contributed by atoms with E-state index in [9.17, 15) is 0 Å². The third-order valence-corrected chi connectivity index (χ3v) is 3.97. The van der Waals surface area contributed by atoms with Gasteiger partial charge in [0.25, 0.3) is 0 Å². The number of fused-ring (bicyclic) bond motifs is 1. The SMILES string of the molecule is CCNc1nc(N2CCCC2C(C)C)c2cn[nH]c2n1. The van der Waals surface area contributed by atoms with E-state index in [0.29, 0.717) is 17.9 Å². The van der Waals surface area contributed by atoms with E-state index >= 15 is 0 Å². The number of anilines is 2. The Hall–Kier alpha value is -1.85. The molecule has 108 valence electrons. The summed E-state index contributed by atoms with van der Waals surface area (Å²) in [4.78, 5) is 11.6. The second kappa shape index (κ2) is 5.26. The van der Waals surface area contributed by atoms with Gasteiger partial charge in [-0.15, -0.1) is 0 Å². The third-order valence-electron chi connectivity index (χ3n) is 3.97. The van der Waals surface area contributed by atoms with Gasteiger partial charge in [-0.1, -0.05) is 13.8 Å². The number of hydrogen-bond acceptors (Lipinski definition) is 5.